The van der Waals surface area contributed by atoms with Crippen molar-refractivity contribution in [1.29, 1.82) is 5.26 Å². The van der Waals surface area contributed by atoms with Crippen molar-refractivity contribution in [3.63, 3.8) is 0 Å². The molecule has 3 atom stereocenters. The van der Waals surface area contributed by atoms with Crippen LogP contribution in [0.2, 0.25) is 0 Å². The average Bonchev–Trinajstić information content (AvgIpc) is 3.46. The summed E-state index contributed by atoms with van der Waals surface area (Å²) < 4.78 is 14.9. The maximum absolute atomic E-state index is 13.3. The van der Waals surface area contributed by atoms with Crippen LogP contribution < -0.4 is 10.6 Å². The third kappa shape index (κ3) is 6.59. The van der Waals surface area contributed by atoms with E-state index in [0.29, 0.717) is 28.8 Å². The number of nitrogens with zero attached hydrogens (tertiary/aromatic N) is 4. The Kier molecular flexibility index (Phi) is 8.34. The molecule has 2 amide bonds. The van der Waals surface area contributed by atoms with Crippen LogP contribution >= 0.6 is 0 Å². The highest BCUT2D eigenvalue weighted by Crippen LogP contribution is 2.28. The Balaban J connectivity index is 1.16. The van der Waals surface area contributed by atoms with Crippen molar-refractivity contribution in [2.24, 2.45) is 11.8 Å². The van der Waals surface area contributed by atoms with Crippen molar-refractivity contribution in [1.82, 2.24) is 20.0 Å². The standard InChI is InChI=1S/C30H35FN6O/c31-26-10-8-22(9-11-26)17-23-5-3-15-36(20-23)21-24-6-1-2-7-28(24)35-30(38)34-27-12-13-29(25(18-27)19-32)37-16-4-14-33-37/h4,8-14,16,18,23-24,28H,1-3,5-7,15,17,20-21H2,(H2,34,35,38)/t23-,24-,28+/m0/s1. The Bertz CT molecular complexity index is 1250. The van der Waals surface area contributed by atoms with Crippen molar-refractivity contribution in [3.05, 3.63) is 77.9 Å². The molecule has 1 aliphatic carbocycles. The lowest BCUT2D eigenvalue weighted by molar-refractivity contribution is 0.123. The van der Waals surface area contributed by atoms with E-state index in [1.807, 2.05) is 12.1 Å². The number of anilines is 1. The maximum Gasteiger partial charge on any atom is 0.319 e. The minimum atomic E-state index is -0.231. The smallest absolute Gasteiger partial charge is 0.319 e. The molecule has 2 aliphatic rings. The second-order valence-corrected chi connectivity index (χ2v) is 10.6. The molecule has 1 aliphatic heterocycles. The first kappa shape index (κ1) is 25.9. The van der Waals surface area contributed by atoms with E-state index in [9.17, 15) is 14.4 Å². The zero-order valence-corrected chi connectivity index (χ0v) is 21.7. The molecule has 1 saturated heterocycles. The normalized spacial score (nSPS) is 21.9. The van der Waals surface area contributed by atoms with E-state index in [0.717, 1.165) is 45.3 Å². The van der Waals surface area contributed by atoms with Gasteiger partial charge < -0.3 is 15.5 Å². The predicted octanol–water partition coefficient (Wildman–Crippen LogP) is 5.52. The fourth-order valence-corrected chi connectivity index (χ4v) is 6.04. The number of halogens is 1. The molecule has 0 spiro atoms. The second kappa shape index (κ2) is 12.2. The average molecular weight is 515 g/mol. The van der Waals surface area contributed by atoms with Crippen molar-refractivity contribution in [2.45, 2.75) is 51.0 Å². The second-order valence-electron chi connectivity index (χ2n) is 10.6. The van der Waals surface area contributed by atoms with E-state index >= 15 is 0 Å². The molecule has 0 radical (unpaired) electrons. The predicted molar refractivity (Wildman–Crippen MR) is 145 cm³/mol. The summed E-state index contributed by atoms with van der Waals surface area (Å²) in [4.78, 5) is 15.5. The van der Waals surface area contributed by atoms with Gasteiger partial charge >= 0.3 is 6.03 Å². The summed E-state index contributed by atoms with van der Waals surface area (Å²) in [6, 6.07) is 16.1. The molecule has 38 heavy (non-hydrogen) atoms. The van der Waals surface area contributed by atoms with Crippen LogP contribution in [-0.2, 0) is 6.42 Å². The quantitative estimate of drug-likeness (QED) is 0.435. The van der Waals surface area contributed by atoms with E-state index in [1.54, 1.807) is 53.5 Å². The number of hydrogen-bond acceptors (Lipinski definition) is 4. The van der Waals surface area contributed by atoms with Gasteiger partial charge in [-0.2, -0.15) is 10.4 Å². The highest BCUT2D eigenvalue weighted by atomic mass is 19.1. The number of hydrogen-bond donors (Lipinski definition) is 2. The number of likely N-dealkylation sites (tertiary alicyclic amines) is 1. The first-order valence-electron chi connectivity index (χ1n) is 13.7. The number of nitriles is 1. The fourth-order valence-electron chi connectivity index (χ4n) is 6.04. The lowest BCUT2D eigenvalue weighted by Gasteiger charge is -2.39. The van der Waals surface area contributed by atoms with Gasteiger partial charge in [0.1, 0.15) is 11.9 Å². The Morgan fingerprint density at radius 1 is 1.11 bits per heavy atom. The SMILES string of the molecule is N#Cc1cc(NC(=O)N[C@@H]2CCCC[C@H]2CN2CCC[C@@H](Cc3ccc(F)cc3)C2)ccc1-n1cccn1. The van der Waals surface area contributed by atoms with Crippen molar-refractivity contribution < 1.29 is 9.18 Å². The summed E-state index contributed by atoms with van der Waals surface area (Å²) in [6.45, 7) is 3.13. The van der Waals surface area contributed by atoms with E-state index in [-0.39, 0.29) is 17.9 Å². The van der Waals surface area contributed by atoms with Gasteiger partial charge in [-0.1, -0.05) is 25.0 Å². The molecule has 2 fully saturated rings. The summed E-state index contributed by atoms with van der Waals surface area (Å²) >= 11 is 0. The van der Waals surface area contributed by atoms with Gasteiger partial charge in [-0.15, -0.1) is 0 Å². The molecule has 2 aromatic carbocycles. The number of carbonyl (C=O) groups is 1. The topological polar surface area (TPSA) is 86.0 Å². The van der Waals surface area contributed by atoms with Crippen molar-refractivity contribution in [2.75, 3.05) is 25.0 Å². The summed E-state index contributed by atoms with van der Waals surface area (Å²) in [7, 11) is 0. The lowest BCUT2D eigenvalue weighted by atomic mass is 9.83. The van der Waals surface area contributed by atoms with E-state index in [4.69, 9.17) is 0 Å². The maximum atomic E-state index is 13.3. The van der Waals surface area contributed by atoms with E-state index < -0.39 is 0 Å². The highest BCUT2D eigenvalue weighted by Gasteiger charge is 2.30. The molecule has 2 heterocycles. The number of amides is 2. The Hall–Kier alpha value is -3.70. The van der Waals surface area contributed by atoms with Crippen LogP contribution in [0.5, 0.6) is 0 Å². The minimum absolute atomic E-state index is 0.125. The van der Waals surface area contributed by atoms with Gasteiger partial charge in [0.05, 0.1) is 11.3 Å². The van der Waals surface area contributed by atoms with Gasteiger partial charge in [0, 0.05) is 37.2 Å². The molecule has 198 valence electrons. The van der Waals surface area contributed by atoms with Crippen LogP contribution in [0.15, 0.2) is 60.9 Å². The number of carbonyl (C=O) groups excluding carboxylic acids is 1. The molecular weight excluding hydrogens is 479 g/mol. The highest BCUT2D eigenvalue weighted by molar-refractivity contribution is 5.90. The number of rotatable bonds is 7. The molecule has 0 unspecified atom stereocenters. The van der Waals surface area contributed by atoms with Gasteiger partial charge in [-0.25, -0.2) is 13.9 Å². The van der Waals surface area contributed by atoms with Crippen molar-refractivity contribution >= 4 is 11.7 Å². The molecule has 5 rings (SSSR count). The van der Waals surface area contributed by atoms with Crippen LogP contribution in [0.25, 0.3) is 5.69 Å². The molecule has 1 saturated carbocycles. The Labute approximate surface area is 223 Å². The minimum Gasteiger partial charge on any atom is -0.335 e. The number of aromatic nitrogens is 2. The zero-order chi connectivity index (χ0) is 26.3. The van der Waals surface area contributed by atoms with Crippen LogP contribution in [-0.4, -0.2) is 46.4 Å². The van der Waals surface area contributed by atoms with E-state index in [1.165, 1.54) is 24.8 Å². The van der Waals surface area contributed by atoms with Gasteiger partial charge in [0.2, 0.25) is 0 Å². The van der Waals surface area contributed by atoms with Gasteiger partial charge in [-0.05, 0) is 92.4 Å². The first-order valence-corrected chi connectivity index (χ1v) is 13.7. The third-order valence-electron chi connectivity index (χ3n) is 7.89. The summed E-state index contributed by atoms with van der Waals surface area (Å²) in [5.41, 5.74) is 2.91. The molecular formula is C30H35FN6O. The molecule has 0 bridgehead atoms. The molecule has 3 aromatic rings. The number of piperidine rings is 1. The number of urea groups is 1. The summed E-state index contributed by atoms with van der Waals surface area (Å²) in [6.07, 6.45) is 11.2. The van der Waals surface area contributed by atoms with Gasteiger partial charge in [-0.3, -0.25) is 0 Å². The molecule has 2 N–H and O–H groups in total. The molecule has 1 aromatic heterocycles. The number of nitrogens with one attached hydrogen (secondary N) is 2. The molecule has 7 nitrogen and oxygen atoms in total. The van der Waals surface area contributed by atoms with Gasteiger partial charge in [0.15, 0.2) is 0 Å². The summed E-state index contributed by atoms with van der Waals surface area (Å²) in [5, 5.41) is 20.0. The summed E-state index contributed by atoms with van der Waals surface area (Å²) in [5.74, 6) is 0.804. The van der Waals surface area contributed by atoms with Crippen LogP contribution in [0.3, 0.4) is 0 Å². The fraction of sp³-hybridized carbons (Fsp3) is 0.433. The lowest BCUT2D eigenvalue weighted by Crippen LogP contribution is -2.49. The largest absolute Gasteiger partial charge is 0.335 e. The Morgan fingerprint density at radius 2 is 1.95 bits per heavy atom. The van der Waals surface area contributed by atoms with E-state index in [2.05, 4.69) is 26.7 Å². The zero-order valence-electron chi connectivity index (χ0n) is 21.7. The Morgan fingerprint density at radius 3 is 2.74 bits per heavy atom. The third-order valence-corrected chi connectivity index (χ3v) is 7.89. The number of benzene rings is 2. The van der Waals surface area contributed by atoms with Crippen LogP contribution in [0.1, 0.15) is 49.7 Å². The van der Waals surface area contributed by atoms with Crippen LogP contribution in [0, 0.1) is 29.0 Å². The van der Waals surface area contributed by atoms with Gasteiger partial charge in [0.25, 0.3) is 0 Å². The molecule has 8 heteroatoms. The van der Waals surface area contributed by atoms with Crippen LogP contribution in [0.4, 0.5) is 14.9 Å². The first-order chi connectivity index (χ1) is 18.6. The van der Waals surface area contributed by atoms with Crippen molar-refractivity contribution in [3.8, 4) is 11.8 Å². The monoisotopic (exact) mass is 514 g/mol.